The van der Waals surface area contributed by atoms with Gasteiger partial charge in [-0.3, -0.25) is 19.7 Å². The Balaban J connectivity index is 1.86. The van der Waals surface area contributed by atoms with Crippen LogP contribution in [0.25, 0.3) is 10.6 Å². The molecule has 0 saturated heterocycles. The number of carbonyl (C=O) groups is 3. The molecule has 9 heteroatoms. The largest absolute Gasteiger partial charge is 0.466 e. The Bertz CT molecular complexity index is 821. The van der Waals surface area contributed by atoms with Crippen LogP contribution < -0.4 is 10.6 Å². The molecule has 2 aromatic rings. The zero-order valence-electron chi connectivity index (χ0n) is 15.4. The fourth-order valence-corrected chi connectivity index (χ4v) is 2.95. The highest BCUT2D eigenvalue weighted by Crippen LogP contribution is 2.26. The van der Waals surface area contributed by atoms with E-state index in [-0.39, 0.29) is 19.4 Å². The summed E-state index contributed by atoms with van der Waals surface area (Å²) < 4.78 is 4.76. The summed E-state index contributed by atoms with van der Waals surface area (Å²) >= 11 is 1.25. The molecule has 8 nitrogen and oxygen atoms in total. The van der Waals surface area contributed by atoms with Gasteiger partial charge in [-0.15, -0.1) is 10.2 Å². The predicted octanol–water partition coefficient (Wildman–Crippen LogP) is 2.30. The van der Waals surface area contributed by atoms with Gasteiger partial charge in [0.25, 0.3) is 0 Å². The molecule has 0 aliphatic rings. The fraction of sp³-hybridized carbons (Fsp3) is 0.389. The van der Waals surface area contributed by atoms with Gasteiger partial charge in [0.15, 0.2) is 0 Å². The molecule has 0 spiro atoms. The Morgan fingerprint density at radius 3 is 2.70 bits per heavy atom. The first-order valence-corrected chi connectivity index (χ1v) is 9.37. The molecule has 2 amide bonds. The summed E-state index contributed by atoms with van der Waals surface area (Å²) in [5, 5.41) is 14.3. The number of aromatic nitrogens is 2. The molecule has 1 unspecified atom stereocenters. The summed E-state index contributed by atoms with van der Waals surface area (Å²) in [6.45, 7) is 5.51. The average molecular weight is 390 g/mol. The van der Waals surface area contributed by atoms with Crippen molar-refractivity contribution in [2.75, 3.05) is 11.9 Å². The van der Waals surface area contributed by atoms with Crippen LogP contribution in [-0.2, 0) is 19.1 Å². The number of hydrogen-bond acceptors (Lipinski definition) is 7. The van der Waals surface area contributed by atoms with Gasteiger partial charge >= 0.3 is 5.97 Å². The highest BCUT2D eigenvalue weighted by Gasteiger charge is 2.18. The van der Waals surface area contributed by atoms with Crippen LogP contribution in [0.5, 0.6) is 0 Å². The number of rotatable bonds is 8. The maximum Gasteiger partial charge on any atom is 0.306 e. The first-order valence-electron chi connectivity index (χ1n) is 8.55. The van der Waals surface area contributed by atoms with Crippen molar-refractivity contribution in [2.45, 2.75) is 39.7 Å². The monoisotopic (exact) mass is 390 g/mol. The van der Waals surface area contributed by atoms with E-state index in [2.05, 4.69) is 20.8 Å². The topological polar surface area (TPSA) is 110 Å². The quantitative estimate of drug-likeness (QED) is 0.669. The van der Waals surface area contributed by atoms with Crippen LogP contribution in [0.4, 0.5) is 5.13 Å². The smallest absolute Gasteiger partial charge is 0.306 e. The van der Waals surface area contributed by atoms with Crippen LogP contribution in [-0.4, -0.2) is 40.6 Å². The van der Waals surface area contributed by atoms with Crippen molar-refractivity contribution in [1.82, 2.24) is 15.5 Å². The third-order valence-corrected chi connectivity index (χ3v) is 4.44. The number of anilines is 1. The predicted molar refractivity (Wildman–Crippen MR) is 102 cm³/mol. The van der Waals surface area contributed by atoms with Crippen LogP contribution in [0.2, 0.25) is 0 Å². The Morgan fingerprint density at radius 1 is 1.22 bits per heavy atom. The molecule has 27 heavy (non-hydrogen) atoms. The Morgan fingerprint density at radius 2 is 2.00 bits per heavy atom. The number of nitrogens with one attached hydrogen (secondary N) is 2. The molecule has 0 fully saturated rings. The number of benzene rings is 1. The van der Waals surface area contributed by atoms with E-state index in [9.17, 15) is 14.4 Å². The molecule has 0 aliphatic carbocycles. The number of aryl methyl sites for hydroxylation is 1. The lowest BCUT2D eigenvalue weighted by atomic mass is 10.1. The van der Waals surface area contributed by atoms with Crippen LogP contribution in [0.1, 0.15) is 32.3 Å². The number of ether oxygens (including phenoxy) is 1. The molecule has 144 valence electrons. The van der Waals surface area contributed by atoms with E-state index in [1.165, 1.54) is 11.3 Å². The van der Waals surface area contributed by atoms with Gasteiger partial charge in [-0.1, -0.05) is 35.1 Å². The van der Waals surface area contributed by atoms with Crippen LogP contribution in [0.15, 0.2) is 24.3 Å². The molecule has 0 aliphatic heterocycles. The molecular weight excluding hydrogens is 368 g/mol. The van der Waals surface area contributed by atoms with Crippen molar-refractivity contribution in [1.29, 1.82) is 0 Å². The van der Waals surface area contributed by atoms with Gasteiger partial charge in [-0.2, -0.15) is 0 Å². The first kappa shape index (κ1) is 20.5. The number of esters is 1. The lowest BCUT2D eigenvalue weighted by Gasteiger charge is -2.12. The van der Waals surface area contributed by atoms with Gasteiger partial charge in [0.2, 0.25) is 16.9 Å². The molecule has 2 N–H and O–H groups in total. The van der Waals surface area contributed by atoms with E-state index in [0.717, 1.165) is 11.1 Å². The summed E-state index contributed by atoms with van der Waals surface area (Å²) in [7, 11) is 0. The van der Waals surface area contributed by atoms with Gasteiger partial charge < -0.3 is 10.1 Å². The van der Waals surface area contributed by atoms with Crippen molar-refractivity contribution in [3.63, 3.8) is 0 Å². The third kappa shape index (κ3) is 6.45. The summed E-state index contributed by atoms with van der Waals surface area (Å²) in [5.41, 5.74) is 2.03. The highest BCUT2D eigenvalue weighted by atomic mass is 32.1. The minimum Gasteiger partial charge on any atom is -0.466 e. The van der Waals surface area contributed by atoms with Crippen LogP contribution in [0.3, 0.4) is 0 Å². The summed E-state index contributed by atoms with van der Waals surface area (Å²) in [4.78, 5) is 35.3. The summed E-state index contributed by atoms with van der Waals surface area (Å²) in [6, 6.07) is 7.05. The molecule has 0 saturated carbocycles. The Labute approximate surface area is 161 Å². The van der Waals surface area contributed by atoms with E-state index in [1.54, 1.807) is 13.8 Å². The molecule has 1 heterocycles. The maximum absolute atomic E-state index is 12.2. The first-order chi connectivity index (χ1) is 12.9. The average Bonchev–Trinajstić information content (AvgIpc) is 3.08. The number of nitrogens with zero attached hydrogens (tertiary/aromatic N) is 2. The van der Waals surface area contributed by atoms with E-state index in [4.69, 9.17) is 4.74 Å². The Kier molecular flexibility index (Phi) is 7.42. The van der Waals surface area contributed by atoms with E-state index in [1.807, 2.05) is 31.2 Å². The van der Waals surface area contributed by atoms with Gasteiger partial charge in [0.05, 0.1) is 13.0 Å². The number of carbonyl (C=O) groups excluding carboxylic acids is 3. The van der Waals surface area contributed by atoms with E-state index < -0.39 is 23.8 Å². The van der Waals surface area contributed by atoms with Crippen LogP contribution in [0, 0.1) is 6.92 Å². The van der Waals surface area contributed by atoms with E-state index in [0.29, 0.717) is 10.1 Å². The zero-order valence-corrected chi connectivity index (χ0v) is 16.3. The van der Waals surface area contributed by atoms with Gasteiger partial charge in [-0.05, 0) is 26.8 Å². The lowest BCUT2D eigenvalue weighted by molar-refractivity contribution is -0.144. The second kappa shape index (κ2) is 9.77. The van der Waals surface area contributed by atoms with Gasteiger partial charge in [-0.25, -0.2) is 0 Å². The number of amides is 2. The van der Waals surface area contributed by atoms with E-state index >= 15 is 0 Å². The molecule has 0 bridgehead atoms. The molecule has 2 rings (SSSR count). The Hall–Kier alpha value is -2.81. The summed E-state index contributed by atoms with van der Waals surface area (Å²) in [5.74, 6) is -1.25. The van der Waals surface area contributed by atoms with Crippen LogP contribution >= 0.6 is 11.3 Å². The molecule has 0 radical (unpaired) electrons. The summed E-state index contributed by atoms with van der Waals surface area (Å²) in [6.07, 6.45) is -0.0585. The van der Waals surface area contributed by atoms with Crippen molar-refractivity contribution < 1.29 is 19.1 Å². The molecule has 1 aromatic carbocycles. The molecule has 1 atom stereocenters. The number of hydrogen-bond donors (Lipinski definition) is 2. The standard InChI is InChI=1S/C18H22N4O4S/c1-4-26-15(24)9-8-14(23)19-12(3)16(25)20-18-22-21-17(27-18)13-7-5-6-11(2)10-13/h5-7,10,12H,4,8-9H2,1-3H3,(H,19,23)(H,20,22,25). The zero-order chi connectivity index (χ0) is 19.8. The molecular formula is C18H22N4O4S. The second-order valence-electron chi connectivity index (χ2n) is 5.87. The van der Waals surface area contributed by atoms with Crippen molar-refractivity contribution in [3.05, 3.63) is 29.8 Å². The highest BCUT2D eigenvalue weighted by molar-refractivity contribution is 7.18. The second-order valence-corrected chi connectivity index (χ2v) is 6.84. The lowest BCUT2D eigenvalue weighted by Crippen LogP contribution is -2.41. The van der Waals surface area contributed by atoms with Crippen molar-refractivity contribution >= 4 is 34.3 Å². The van der Waals surface area contributed by atoms with Gasteiger partial charge in [0, 0.05) is 12.0 Å². The minimum atomic E-state index is -0.772. The third-order valence-electron chi connectivity index (χ3n) is 3.55. The maximum atomic E-state index is 12.2. The molecule has 1 aromatic heterocycles. The van der Waals surface area contributed by atoms with Crippen molar-refractivity contribution in [2.24, 2.45) is 0 Å². The van der Waals surface area contributed by atoms with Crippen molar-refractivity contribution in [3.8, 4) is 10.6 Å². The fourth-order valence-electron chi connectivity index (χ4n) is 2.21. The van der Waals surface area contributed by atoms with Gasteiger partial charge in [0.1, 0.15) is 11.0 Å². The SMILES string of the molecule is CCOC(=O)CCC(=O)NC(C)C(=O)Nc1nnc(-c2cccc(C)c2)s1. The normalized spacial score (nSPS) is 11.5. The minimum absolute atomic E-state index is 0.0235.